The molecule has 0 saturated heterocycles. The van der Waals surface area contributed by atoms with Crippen LogP contribution in [-0.4, -0.2) is 17.9 Å². The largest absolute Gasteiger partial charge is 0.481 e. The van der Waals surface area contributed by atoms with Crippen molar-refractivity contribution >= 4 is 5.78 Å². The number of hydrogen-bond donors (Lipinski definition) is 0. The quantitative estimate of drug-likeness (QED) is 0.770. The van der Waals surface area contributed by atoms with Gasteiger partial charge in [0, 0.05) is 24.2 Å². The number of nitrogens with zero attached hydrogens (tertiary/aromatic N) is 1. The maximum Gasteiger partial charge on any atom is 0.213 e. The summed E-state index contributed by atoms with van der Waals surface area (Å²) < 4.78 is 5.02. The molecule has 3 heteroatoms. The van der Waals surface area contributed by atoms with Gasteiger partial charge in [-0.15, -0.1) is 0 Å². The van der Waals surface area contributed by atoms with E-state index >= 15 is 0 Å². The number of aromatic nitrogens is 1. The Morgan fingerprint density at radius 1 is 1.26 bits per heavy atom. The molecule has 0 saturated carbocycles. The van der Waals surface area contributed by atoms with Gasteiger partial charge in [0.05, 0.1) is 7.11 Å². The van der Waals surface area contributed by atoms with E-state index in [1.165, 1.54) is 11.1 Å². The summed E-state index contributed by atoms with van der Waals surface area (Å²) in [5, 5.41) is 0. The molecule has 0 spiro atoms. The molecule has 19 heavy (non-hydrogen) atoms. The van der Waals surface area contributed by atoms with Gasteiger partial charge in [0.1, 0.15) is 0 Å². The summed E-state index contributed by atoms with van der Waals surface area (Å²) in [4.78, 5) is 16.1. The van der Waals surface area contributed by atoms with E-state index < -0.39 is 0 Å². The minimum Gasteiger partial charge on any atom is -0.481 e. The number of carbonyl (C=O) groups is 1. The first-order valence-electron chi connectivity index (χ1n) is 6.28. The SMILES string of the molecule is COc1cc(C(=O)CCc2ccccc2C)ccn1. The topological polar surface area (TPSA) is 39.2 Å². The Balaban J connectivity index is 2.03. The van der Waals surface area contributed by atoms with E-state index in [4.69, 9.17) is 4.74 Å². The Morgan fingerprint density at radius 3 is 2.79 bits per heavy atom. The zero-order valence-corrected chi connectivity index (χ0v) is 11.2. The number of carbonyl (C=O) groups excluding carboxylic acids is 1. The molecule has 0 aliphatic carbocycles. The maximum atomic E-state index is 12.1. The van der Waals surface area contributed by atoms with Gasteiger partial charge in [-0.1, -0.05) is 24.3 Å². The van der Waals surface area contributed by atoms with Crippen LogP contribution in [0.15, 0.2) is 42.6 Å². The highest BCUT2D eigenvalue weighted by Gasteiger charge is 2.08. The molecule has 1 heterocycles. The second-order valence-corrected chi connectivity index (χ2v) is 4.44. The summed E-state index contributed by atoms with van der Waals surface area (Å²) in [7, 11) is 1.55. The van der Waals surface area contributed by atoms with Crippen LogP contribution in [0.1, 0.15) is 27.9 Å². The van der Waals surface area contributed by atoms with E-state index in [-0.39, 0.29) is 5.78 Å². The standard InChI is InChI=1S/C16H17NO2/c1-12-5-3-4-6-13(12)7-8-15(18)14-9-10-17-16(11-14)19-2/h3-6,9-11H,7-8H2,1-2H3. The molecule has 2 aromatic rings. The molecule has 3 nitrogen and oxygen atoms in total. The molecule has 0 fully saturated rings. The van der Waals surface area contributed by atoms with E-state index in [2.05, 4.69) is 24.0 Å². The Kier molecular flexibility index (Phi) is 4.29. The van der Waals surface area contributed by atoms with Crippen molar-refractivity contribution in [3.8, 4) is 5.88 Å². The number of pyridine rings is 1. The summed E-state index contributed by atoms with van der Waals surface area (Å²) in [5.74, 6) is 0.589. The van der Waals surface area contributed by atoms with E-state index in [0.717, 1.165) is 6.42 Å². The van der Waals surface area contributed by atoms with E-state index in [1.54, 1.807) is 25.4 Å². The van der Waals surface area contributed by atoms with Gasteiger partial charge in [0.25, 0.3) is 0 Å². The summed E-state index contributed by atoms with van der Waals surface area (Å²) >= 11 is 0. The zero-order valence-electron chi connectivity index (χ0n) is 11.2. The van der Waals surface area contributed by atoms with Crippen molar-refractivity contribution in [3.05, 3.63) is 59.3 Å². The molecular weight excluding hydrogens is 238 g/mol. The van der Waals surface area contributed by atoms with Gasteiger partial charge in [-0.25, -0.2) is 4.98 Å². The van der Waals surface area contributed by atoms with Gasteiger partial charge in [0.2, 0.25) is 5.88 Å². The van der Waals surface area contributed by atoms with Crippen LogP contribution in [0.4, 0.5) is 0 Å². The minimum absolute atomic E-state index is 0.115. The third kappa shape index (κ3) is 3.41. The van der Waals surface area contributed by atoms with Crippen molar-refractivity contribution in [2.75, 3.05) is 7.11 Å². The molecule has 0 amide bonds. The normalized spacial score (nSPS) is 10.2. The van der Waals surface area contributed by atoms with Crippen LogP contribution >= 0.6 is 0 Å². The van der Waals surface area contributed by atoms with Crippen LogP contribution in [0.3, 0.4) is 0 Å². The van der Waals surface area contributed by atoms with Gasteiger partial charge < -0.3 is 4.74 Å². The summed E-state index contributed by atoms with van der Waals surface area (Å²) in [6.07, 6.45) is 2.86. The third-order valence-electron chi connectivity index (χ3n) is 3.15. The summed E-state index contributed by atoms with van der Waals surface area (Å²) in [6, 6.07) is 11.5. The first-order valence-corrected chi connectivity index (χ1v) is 6.28. The highest BCUT2D eigenvalue weighted by atomic mass is 16.5. The molecule has 0 unspecified atom stereocenters. The molecule has 0 aliphatic rings. The van der Waals surface area contributed by atoms with Gasteiger partial charge in [-0.05, 0) is 30.5 Å². The van der Waals surface area contributed by atoms with Gasteiger partial charge in [-0.2, -0.15) is 0 Å². The fourth-order valence-electron chi connectivity index (χ4n) is 1.98. The van der Waals surface area contributed by atoms with Crippen LogP contribution in [-0.2, 0) is 6.42 Å². The number of Topliss-reactive ketones (excluding diaryl/α,β-unsaturated/α-hetero) is 1. The lowest BCUT2D eigenvalue weighted by atomic mass is 10.0. The second-order valence-electron chi connectivity index (χ2n) is 4.44. The van der Waals surface area contributed by atoms with Crippen molar-refractivity contribution in [2.24, 2.45) is 0 Å². The Hall–Kier alpha value is -2.16. The molecule has 0 radical (unpaired) electrons. The average Bonchev–Trinajstić information content (AvgIpc) is 2.46. The van der Waals surface area contributed by atoms with Gasteiger partial charge >= 0.3 is 0 Å². The highest BCUT2D eigenvalue weighted by Crippen LogP contribution is 2.14. The number of hydrogen-bond acceptors (Lipinski definition) is 3. The summed E-state index contributed by atoms with van der Waals surface area (Å²) in [6.45, 7) is 2.06. The van der Waals surface area contributed by atoms with Crippen LogP contribution in [0.2, 0.25) is 0 Å². The van der Waals surface area contributed by atoms with Crippen molar-refractivity contribution in [1.29, 1.82) is 0 Å². The van der Waals surface area contributed by atoms with Crippen molar-refractivity contribution in [2.45, 2.75) is 19.8 Å². The summed E-state index contributed by atoms with van der Waals surface area (Å²) in [5.41, 5.74) is 3.10. The van der Waals surface area contributed by atoms with Crippen molar-refractivity contribution < 1.29 is 9.53 Å². The number of aryl methyl sites for hydroxylation is 2. The Bertz CT molecular complexity index is 578. The predicted octanol–water partition coefficient (Wildman–Crippen LogP) is 3.21. The number of methoxy groups -OCH3 is 1. The number of rotatable bonds is 5. The van der Waals surface area contributed by atoms with Gasteiger partial charge in [-0.3, -0.25) is 4.79 Å². The first-order chi connectivity index (χ1) is 9.20. The van der Waals surface area contributed by atoms with Crippen LogP contribution in [0, 0.1) is 6.92 Å². The smallest absolute Gasteiger partial charge is 0.213 e. The average molecular weight is 255 g/mol. The third-order valence-corrected chi connectivity index (χ3v) is 3.15. The lowest BCUT2D eigenvalue weighted by Crippen LogP contribution is -2.03. The molecule has 2 rings (SSSR count). The fraction of sp³-hybridized carbons (Fsp3) is 0.250. The highest BCUT2D eigenvalue weighted by molar-refractivity contribution is 5.96. The Morgan fingerprint density at radius 2 is 2.05 bits per heavy atom. The predicted molar refractivity (Wildman–Crippen MR) is 74.6 cm³/mol. The van der Waals surface area contributed by atoms with Crippen LogP contribution < -0.4 is 4.74 Å². The zero-order chi connectivity index (χ0) is 13.7. The van der Waals surface area contributed by atoms with E-state index in [1.807, 2.05) is 12.1 Å². The molecule has 0 bridgehead atoms. The lowest BCUT2D eigenvalue weighted by Gasteiger charge is -2.05. The molecule has 98 valence electrons. The first kappa shape index (κ1) is 13.3. The van der Waals surface area contributed by atoms with Crippen LogP contribution in [0.5, 0.6) is 5.88 Å². The fourth-order valence-corrected chi connectivity index (χ4v) is 1.98. The monoisotopic (exact) mass is 255 g/mol. The second kappa shape index (κ2) is 6.14. The van der Waals surface area contributed by atoms with Gasteiger partial charge in [0.15, 0.2) is 5.78 Å². The maximum absolute atomic E-state index is 12.1. The van der Waals surface area contributed by atoms with Crippen LogP contribution in [0.25, 0.3) is 0 Å². The number of ether oxygens (including phenoxy) is 1. The minimum atomic E-state index is 0.115. The van der Waals surface area contributed by atoms with E-state index in [0.29, 0.717) is 17.9 Å². The molecule has 0 atom stereocenters. The van der Waals surface area contributed by atoms with Crippen molar-refractivity contribution in [3.63, 3.8) is 0 Å². The lowest BCUT2D eigenvalue weighted by molar-refractivity contribution is 0.0982. The number of benzene rings is 1. The molecule has 0 N–H and O–H groups in total. The molecule has 1 aromatic carbocycles. The molecule has 0 aliphatic heterocycles. The Labute approximate surface area is 113 Å². The van der Waals surface area contributed by atoms with E-state index in [9.17, 15) is 4.79 Å². The molecule has 1 aromatic heterocycles. The van der Waals surface area contributed by atoms with Crippen molar-refractivity contribution in [1.82, 2.24) is 4.98 Å². The molecular formula is C16H17NO2. The number of ketones is 1.